The first kappa shape index (κ1) is 8.63. The van der Waals surface area contributed by atoms with Gasteiger partial charge in [-0.05, 0) is 0 Å². The molecule has 0 aromatic rings. The molecule has 54 valence electrons. The number of ketones is 1. The fourth-order valence-corrected chi connectivity index (χ4v) is 0.447. The molecule has 0 aromatic heterocycles. The first-order valence-corrected chi connectivity index (χ1v) is 2.72. The second-order valence-electron chi connectivity index (χ2n) is 1.88. The maximum Gasteiger partial charge on any atom is 0.290 e. The van der Waals surface area contributed by atoms with E-state index in [1.54, 1.807) is 6.07 Å². The Labute approximate surface area is 59.0 Å². The number of Topliss-reactive ketones (excluding diaryl/α,β-unsaturated/α-hetero) is 1. The van der Waals surface area contributed by atoms with Crippen LogP contribution in [-0.4, -0.2) is 30.2 Å². The number of hydrogen-bond donors (Lipinski definition) is 0. The van der Waals surface area contributed by atoms with Gasteiger partial charge < -0.3 is 4.90 Å². The molecule has 0 saturated carbocycles. The van der Waals surface area contributed by atoms with Crippen LogP contribution in [0.2, 0.25) is 0 Å². The molecule has 0 bridgehead atoms. The molecular weight excluding hydrogens is 132 g/mol. The molecule has 0 saturated heterocycles. The predicted molar refractivity (Wildman–Crippen MR) is 33.9 cm³/mol. The van der Waals surface area contributed by atoms with Crippen LogP contribution < -0.4 is 0 Å². The highest BCUT2D eigenvalue weighted by molar-refractivity contribution is 6.35. The van der Waals surface area contributed by atoms with E-state index >= 15 is 0 Å². The van der Waals surface area contributed by atoms with Crippen molar-refractivity contribution in [1.29, 1.82) is 5.26 Å². The van der Waals surface area contributed by atoms with Crippen LogP contribution in [0.15, 0.2) is 0 Å². The van der Waals surface area contributed by atoms with Crippen LogP contribution in [0.5, 0.6) is 0 Å². The van der Waals surface area contributed by atoms with Gasteiger partial charge >= 0.3 is 0 Å². The Hall–Kier alpha value is -1.37. The largest absolute Gasteiger partial charge is 0.326 e. The van der Waals surface area contributed by atoms with Gasteiger partial charge in [0.25, 0.3) is 5.91 Å². The fourth-order valence-electron chi connectivity index (χ4n) is 0.447. The highest BCUT2D eigenvalue weighted by atomic mass is 16.2. The molecule has 0 N–H and O–H groups in total. The number of carbonyl (C=O) groups is 2. The second-order valence-corrected chi connectivity index (χ2v) is 1.88. The van der Waals surface area contributed by atoms with Crippen molar-refractivity contribution in [2.75, 3.05) is 13.6 Å². The van der Waals surface area contributed by atoms with Gasteiger partial charge in [0.2, 0.25) is 5.78 Å². The molecule has 4 heteroatoms. The average molecular weight is 140 g/mol. The van der Waals surface area contributed by atoms with Gasteiger partial charge in [0.15, 0.2) is 0 Å². The number of likely N-dealkylation sites (N-methyl/N-ethyl adjacent to an activating group) is 1. The number of hydrogen-bond acceptors (Lipinski definition) is 3. The Morgan fingerprint density at radius 3 is 2.40 bits per heavy atom. The lowest BCUT2D eigenvalue weighted by Crippen LogP contribution is -2.31. The van der Waals surface area contributed by atoms with Crippen molar-refractivity contribution in [2.24, 2.45) is 0 Å². The van der Waals surface area contributed by atoms with Crippen LogP contribution >= 0.6 is 0 Å². The summed E-state index contributed by atoms with van der Waals surface area (Å²) in [7, 11) is 1.41. The zero-order valence-electron chi connectivity index (χ0n) is 5.92. The number of nitriles is 1. The molecule has 1 amide bonds. The second kappa shape index (κ2) is 3.62. The molecule has 0 aliphatic heterocycles. The zero-order valence-corrected chi connectivity index (χ0v) is 5.92. The molecule has 0 radical (unpaired) electrons. The van der Waals surface area contributed by atoms with Gasteiger partial charge in [0, 0.05) is 14.0 Å². The Balaban J connectivity index is 3.98. The lowest BCUT2D eigenvalue weighted by Gasteiger charge is -2.08. The summed E-state index contributed by atoms with van der Waals surface area (Å²) in [5.74, 6) is -1.17. The minimum atomic E-state index is -0.624. The maximum absolute atomic E-state index is 10.7. The molecule has 0 aromatic carbocycles. The van der Waals surface area contributed by atoms with E-state index in [0.29, 0.717) is 0 Å². The van der Waals surface area contributed by atoms with Crippen molar-refractivity contribution in [3.8, 4) is 6.07 Å². The van der Waals surface area contributed by atoms with E-state index in [2.05, 4.69) is 0 Å². The Morgan fingerprint density at radius 1 is 1.60 bits per heavy atom. The molecule has 10 heavy (non-hydrogen) atoms. The SMILES string of the molecule is CC(=O)C(=O)N(C)CC#N. The highest BCUT2D eigenvalue weighted by Gasteiger charge is 2.11. The van der Waals surface area contributed by atoms with Gasteiger partial charge in [0.1, 0.15) is 6.54 Å². The van der Waals surface area contributed by atoms with E-state index in [0.717, 1.165) is 4.90 Å². The topological polar surface area (TPSA) is 61.2 Å². The highest BCUT2D eigenvalue weighted by Crippen LogP contribution is 1.83. The Kier molecular flexibility index (Phi) is 3.12. The van der Waals surface area contributed by atoms with E-state index in [9.17, 15) is 9.59 Å². The maximum atomic E-state index is 10.7. The third-order valence-electron chi connectivity index (χ3n) is 0.956. The van der Waals surface area contributed by atoms with Crippen LogP contribution in [0.25, 0.3) is 0 Å². The molecule has 0 atom stereocenters. The number of amides is 1. The monoisotopic (exact) mass is 140 g/mol. The minimum absolute atomic E-state index is 0.0432. The van der Waals surface area contributed by atoms with Crippen molar-refractivity contribution < 1.29 is 9.59 Å². The molecular formula is C6H8N2O2. The number of rotatable bonds is 2. The molecule has 0 aliphatic carbocycles. The van der Waals surface area contributed by atoms with Gasteiger partial charge in [-0.25, -0.2) is 0 Å². The third-order valence-corrected chi connectivity index (χ3v) is 0.956. The van der Waals surface area contributed by atoms with E-state index in [-0.39, 0.29) is 6.54 Å². The third kappa shape index (κ3) is 2.27. The van der Waals surface area contributed by atoms with Crippen LogP contribution in [0.4, 0.5) is 0 Å². The quantitative estimate of drug-likeness (QED) is 0.386. The Morgan fingerprint density at radius 2 is 2.10 bits per heavy atom. The minimum Gasteiger partial charge on any atom is -0.326 e. The van der Waals surface area contributed by atoms with Gasteiger partial charge in [-0.15, -0.1) is 0 Å². The van der Waals surface area contributed by atoms with Crippen molar-refractivity contribution in [2.45, 2.75) is 6.92 Å². The molecule has 0 rings (SSSR count). The Bertz CT molecular complexity index is 192. The molecule has 0 heterocycles. The molecule has 4 nitrogen and oxygen atoms in total. The lowest BCUT2D eigenvalue weighted by molar-refractivity contribution is -0.142. The number of carbonyl (C=O) groups excluding carboxylic acids is 2. The molecule has 0 unspecified atom stereocenters. The average Bonchev–Trinajstić information content (AvgIpc) is 1.87. The van der Waals surface area contributed by atoms with E-state index in [4.69, 9.17) is 5.26 Å². The van der Waals surface area contributed by atoms with Crippen LogP contribution in [-0.2, 0) is 9.59 Å². The summed E-state index contributed by atoms with van der Waals surface area (Å²) < 4.78 is 0. The van der Waals surface area contributed by atoms with Crippen molar-refractivity contribution in [3.05, 3.63) is 0 Å². The molecule has 0 aliphatic rings. The standard InChI is InChI=1S/C6H8N2O2/c1-5(9)6(10)8(2)4-3-7/h4H2,1-2H3. The van der Waals surface area contributed by atoms with E-state index < -0.39 is 11.7 Å². The fraction of sp³-hybridized carbons (Fsp3) is 0.500. The van der Waals surface area contributed by atoms with Crippen molar-refractivity contribution >= 4 is 11.7 Å². The summed E-state index contributed by atoms with van der Waals surface area (Å²) in [6.07, 6.45) is 0. The number of nitrogens with zero attached hydrogens (tertiary/aromatic N) is 2. The van der Waals surface area contributed by atoms with Crippen LogP contribution in [0, 0.1) is 11.3 Å². The first-order chi connectivity index (χ1) is 4.59. The van der Waals surface area contributed by atoms with Crippen molar-refractivity contribution in [3.63, 3.8) is 0 Å². The van der Waals surface area contributed by atoms with Crippen LogP contribution in [0.1, 0.15) is 6.92 Å². The summed E-state index contributed by atoms with van der Waals surface area (Å²) in [5.41, 5.74) is 0. The van der Waals surface area contributed by atoms with E-state index in [1.807, 2.05) is 0 Å². The summed E-state index contributed by atoms with van der Waals surface area (Å²) >= 11 is 0. The molecule has 0 spiro atoms. The summed E-state index contributed by atoms with van der Waals surface area (Å²) in [6.45, 7) is 1.13. The summed E-state index contributed by atoms with van der Waals surface area (Å²) in [6, 6.07) is 1.76. The summed E-state index contributed by atoms with van der Waals surface area (Å²) in [5, 5.41) is 8.11. The molecule has 0 fully saturated rings. The predicted octanol–water partition coefficient (Wildman–Crippen LogP) is -0.443. The smallest absolute Gasteiger partial charge is 0.290 e. The first-order valence-electron chi connectivity index (χ1n) is 2.72. The van der Waals surface area contributed by atoms with Gasteiger partial charge in [-0.2, -0.15) is 5.26 Å². The van der Waals surface area contributed by atoms with Crippen LogP contribution in [0.3, 0.4) is 0 Å². The zero-order chi connectivity index (χ0) is 8.15. The van der Waals surface area contributed by atoms with E-state index in [1.165, 1.54) is 14.0 Å². The van der Waals surface area contributed by atoms with Gasteiger partial charge in [-0.3, -0.25) is 9.59 Å². The normalized spacial score (nSPS) is 8.10. The lowest BCUT2D eigenvalue weighted by atomic mass is 10.4. The van der Waals surface area contributed by atoms with Gasteiger partial charge in [-0.1, -0.05) is 0 Å². The van der Waals surface area contributed by atoms with Crippen molar-refractivity contribution in [1.82, 2.24) is 4.90 Å². The van der Waals surface area contributed by atoms with Gasteiger partial charge in [0.05, 0.1) is 6.07 Å². The summed E-state index contributed by atoms with van der Waals surface area (Å²) in [4.78, 5) is 22.1.